The normalized spacial score (nSPS) is 47.4. The lowest BCUT2D eigenvalue weighted by Gasteiger charge is -2.70. The van der Waals surface area contributed by atoms with E-state index in [-0.39, 0.29) is 63.7 Å². The Morgan fingerprint density at radius 3 is 2.32 bits per heavy atom. The number of hydrogen-bond donors (Lipinski definition) is 1. The van der Waals surface area contributed by atoms with Gasteiger partial charge >= 0.3 is 11.9 Å². The molecule has 4 saturated carbocycles. The van der Waals surface area contributed by atoms with Gasteiger partial charge in [0.1, 0.15) is 12.2 Å². The van der Waals surface area contributed by atoms with Crippen molar-refractivity contribution in [2.45, 2.75) is 111 Å². The predicted molar refractivity (Wildman–Crippen MR) is 145 cm³/mol. The van der Waals surface area contributed by atoms with E-state index >= 15 is 0 Å². The van der Waals surface area contributed by atoms with E-state index in [1.165, 1.54) is 0 Å². The molecule has 0 spiro atoms. The van der Waals surface area contributed by atoms with Crippen LogP contribution in [0.5, 0.6) is 0 Å². The SMILES string of the molecule is CC1(C)[C@@H](OC(=O)c2ccccc2)CC[C@]2(C)[C@H]3C[C@@H](O)[C@@H]4[C@@H](C5CCC(=O)O5)CC[C@@]4(C)[C@]3(C)CC[C@@H]12. The van der Waals surface area contributed by atoms with Gasteiger partial charge in [-0.3, -0.25) is 4.79 Å². The van der Waals surface area contributed by atoms with E-state index in [1.54, 1.807) is 0 Å². The van der Waals surface area contributed by atoms with Crippen LogP contribution < -0.4 is 0 Å². The molecule has 0 radical (unpaired) electrons. The molecule has 10 atom stereocenters. The fourth-order valence-electron chi connectivity index (χ4n) is 11.0. The first-order valence-corrected chi connectivity index (χ1v) is 15.1. The average molecular weight is 523 g/mol. The summed E-state index contributed by atoms with van der Waals surface area (Å²) in [5.74, 6) is 1.01. The highest BCUT2D eigenvalue weighted by Crippen LogP contribution is 2.75. The van der Waals surface area contributed by atoms with Crippen molar-refractivity contribution in [3.05, 3.63) is 35.9 Å². The zero-order chi connectivity index (χ0) is 27.1. The van der Waals surface area contributed by atoms with Crippen molar-refractivity contribution in [3.8, 4) is 0 Å². The molecule has 1 heterocycles. The van der Waals surface area contributed by atoms with Gasteiger partial charge in [0, 0.05) is 17.8 Å². The van der Waals surface area contributed by atoms with Crippen molar-refractivity contribution in [3.63, 3.8) is 0 Å². The number of fused-ring (bicyclic) bond motifs is 5. The van der Waals surface area contributed by atoms with Gasteiger partial charge in [0.05, 0.1) is 11.7 Å². The van der Waals surface area contributed by atoms with E-state index < -0.39 is 0 Å². The molecule has 1 N–H and O–H groups in total. The highest BCUT2D eigenvalue weighted by molar-refractivity contribution is 5.89. The first-order valence-electron chi connectivity index (χ1n) is 15.1. The Kier molecular flexibility index (Phi) is 6.11. The molecule has 5 nitrogen and oxygen atoms in total. The monoisotopic (exact) mass is 522 g/mol. The lowest BCUT2D eigenvalue weighted by Crippen LogP contribution is -2.66. The maximum absolute atomic E-state index is 13.0. The molecule has 1 aromatic carbocycles. The van der Waals surface area contributed by atoms with E-state index in [4.69, 9.17) is 9.47 Å². The van der Waals surface area contributed by atoms with Crippen molar-refractivity contribution in [2.75, 3.05) is 0 Å². The lowest BCUT2D eigenvalue weighted by molar-refractivity contribution is -0.243. The first-order chi connectivity index (χ1) is 17.9. The van der Waals surface area contributed by atoms with Crippen molar-refractivity contribution in [1.29, 1.82) is 0 Å². The first kappa shape index (κ1) is 26.3. The van der Waals surface area contributed by atoms with Crippen LogP contribution in [0.2, 0.25) is 0 Å². The van der Waals surface area contributed by atoms with Crippen LogP contribution in [0.25, 0.3) is 0 Å². The van der Waals surface area contributed by atoms with Gasteiger partial charge in [-0.1, -0.05) is 52.8 Å². The molecule has 4 aliphatic carbocycles. The van der Waals surface area contributed by atoms with E-state index in [2.05, 4.69) is 34.6 Å². The third-order valence-electron chi connectivity index (χ3n) is 13.0. The number of cyclic esters (lactones) is 1. The Balaban J connectivity index is 1.27. The smallest absolute Gasteiger partial charge is 0.338 e. The minimum Gasteiger partial charge on any atom is -0.462 e. The van der Waals surface area contributed by atoms with Crippen LogP contribution in [-0.2, 0) is 14.3 Å². The second kappa shape index (κ2) is 8.81. The van der Waals surface area contributed by atoms with E-state index in [1.807, 2.05) is 30.3 Å². The van der Waals surface area contributed by atoms with E-state index in [9.17, 15) is 14.7 Å². The summed E-state index contributed by atoms with van der Waals surface area (Å²) in [5, 5.41) is 11.8. The van der Waals surface area contributed by atoms with Gasteiger partial charge in [0.15, 0.2) is 0 Å². The maximum Gasteiger partial charge on any atom is 0.338 e. The summed E-state index contributed by atoms with van der Waals surface area (Å²) in [4.78, 5) is 24.9. The fourth-order valence-corrected chi connectivity index (χ4v) is 11.0. The van der Waals surface area contributed by atoms with Crippen molar-refractivity contribution in [2.24, 2.45) is 45.3 Å². The molecule has 5 fully saturated rings. The molecule has 6 rings (SSSR count). The van der Waals surface area contributed by atoms with Crippen LogP contribution in [-0.4, -0.2) is 35.4 Å². The number of ether oxygens (including phenoxy) is 2. The highest BCUT2D eigenvalue weighted by Gasteiger charge is 2.71. The molecular formula is C33H46O5. The predicted octanol–water partition coefficient (Wildman–Crippen LogP) is 6.57. The Morgan fingerprint density at radius 2 is 1.63 bits per heavy atom. The zero-order valence-electron chi connectivity index (χ0n) is 23.9. The summed E-state index contributed by atoms with van der Waals surface area (Å²) in [5.41, 5.74) is 0.717. The van der Waals surface area contributed by atoms with Gasteiger partial charge in [-0.25, -0.2) is 4.79 Å². The fraction of sp³-hybridized carbons (Fsp3) is 0.758. The molecule has 208 valence electrons. The summed E-state index contributed by atoms with van der Waals surface area (Å²) in [7, 11) is 0. The van der Waals surface area contributed by atoms with E-state index in [0.717, 1.165) is 51.4 Å². The topological polar surface area (TPSA) is 72.8 Å². The summed E-state index contributed by atoms with van der Waals surface area (Å²) in [6, 6.07) is 9.34. The second-order valence-electron chi connectivity index (χ2n) is 14.7. The van der Waals surface area contributed by atoms with Gasteiger partial charge in [0.25, 0.3) is 0 Å². The maximum atomic E-state index is 13.0. The molecule has 1 unspecified atom stereocenters. The summed E-state index contributed by atoms with van der Waals surface area (Å²) in [6.45, 7) is 12.1. The van der Waals surface area contributed by atoms with Crippen molar-refractivity contribution >= 4 is 11.9 Å². The van der Waals surface area contributed by atoms with Crippen LogP contribution >= 0.6 is 0 Å². The molecule has 0 amide bonds. The number of aliphatic hydroxyl groups excluding tert-OH is 1. The van der Waals surface area contributed by atoms with Crippen LogP contribution in [0.15, 0.2) is 30.3 Å². The Morgan fingerprint density at radius 1 is 0.921 bits per heavy atom. The minimum atomic E-state index is -0.364. The number of rotatable bonds is 3. The molecule has 1 saturated heterocycles. The van der Waals surface area contributed by atoms with Crippen molar-refractivity contribution < 1.29 is 24.2 Å². The largest absolute Gasteiger partial charge is 0.462 e. The molecule has 1 aliphatic heterocycles. The summed E-state index contributed by atoms with van der Waals surface area (Å²) >= 11 is 0. The minimum absolute atomic E-state index is 0.0234. The molecule has 5 aliphatic rings. The molecular weight excluding hydrogens is 476 g/mol. The van der Waals surface area contributed by atoms with Gasteiger partial charge < -0.3 is 14.6 Å². The third-order valence-corrected chi connectivity index (χ3v) is 13.0. The quantitative estimate of drug-likeness (QED) is 0.454. The number of hydrogen-bond acceptors (Lipinski definition) is 5. The average Bonchev–Trinajstić information content (AvgIpc) is 3.47. The molecule has 0 aromatic heterocycles. The second-order valence-corrected chi connectivity index (χ2v) is 14.7. The van der Waals surface area contributed by atoms with Crippen LogP contribution in [0.4, 0.5) is 0 Å². The number of esters is 2. The molecule has 1 aromatic rings. The summed E-state index contributed by atoms with van der Waals surface area (Å²) in [6.07, 6.45) is 7.94. The molecule has 38 heavy (non-hydrogen) atoms. The number of benzene rings is 1. The Bertz CT molecular complexity index is 1100. The lowest BCUT2D eigenvalue weighted by atomic mass is 9.35. The van der Waals surface area contributed by atoms with E-state index in [0.29, 0.717) is 23.8 Å². The van der Waals surface area contributed by atoms with Crippen LogP contribution in [0, 0.1) is 45.3 Å². The van der Waals surface area contributed by atoms with Gasteiger partial charge in [-0.15, -0.1) is 0 Å². The van der Waals surface area contributed by atoms with Gasteiger partial charge in [-0.05, 0) is 97.5 Å². The Hall–Kier alpha value is -1.88. The highest BCUT2D eigenvalue weighted by atomic mass is 16.6. The van der Waals surface area contributed by atoms with Crippen LogP contribution in [0.1, 0.15) is 103 Å². The van der Waals surface area contributed by atoms with Gasteiger partial charge in [-0.2, -0.15) is 0 Å². The van der Waals surface area contributed by atoms with Crippen molar-refractivity contribution in [1.82, 2.24) is 0 Å². The standard InChI is InChI=1S/C33H46O5/c1-30(2)24-14-18-32(4)25(31(24,3)16-15-26(30)38-29(36)20-9-7-6-8-10-20)19-22(34)28-21(13-17-33(28,32)5)23-11-12-27(35)37-23/h6-10,21-26,28,34H,11-19H2,1-5H3/t21-,22-,23?,24+,25-,26+,28+,31+,32-,33-/m1/s1. The number of carbonyl (C=O) groups is 2. The zero-order valence-corrected chi connectivity index (χ0v) is 23.9. The molecule has 5 heteroatoms. The Labute approximate surface area is 228 Å². The third kappa shape index (κ3) is 3.59. The van der Waals surface area contributed by atoms with Gasteiger partial charge in [0.2, 0.25) is 0 Å². The number of carbonyl (C=O) groups excluding carboxylic acids is 2. The van der Waals surface area contributed by atoms with Crippen LogP contribution in [0.3, 0.4) is 0 Å². The molecule has 0 bridgehead atoms. The summed E-state index contributed by atoms with van der Waals surface area (Å²) < 4.78 is 12.0. The number of aliphatic hydroxyl groups is 1.